The topological polar surface area (TPSA) is 27.7 Å². The number of fused-ring (bicyclic) bond motifs is 9. The molecule has 0 radical (unpaired) electrons. The maximum absolute atomic E-state index is 6.93. The molecule has 1 aromatic carbocycles. The van der Waals surface area contributed by atoms with Gasteiger partial charge in [0.2, 0.25) is 0 Å². The van der Waals surface area contributed by atoms with Crippen LogP contribution in [0.3, 0.4) is 0 Å². The molecule has 1 saturated heterocycles. The molecule has 238 valence electrons. The lowest BCUT2D eigenvalue weighted by Crippen LogP contribution is -2.68. The molecule has 10 atom stereocenters. The van der Waals surface area contributed by atoms with Gasteiger partial charge in [0.15, 0.2) is 5.79 Å². The number of ether oxygens (including phenoxy) is 3. The van der Waals surface area contributed by atoms with Crippen LogP contribution in [0.15, 0.2) is 42.0 Å². The van der Waals surface area contributed by atoms with Gasteiger partial charge in [-0.15, -0.1) is 0 Å². The minimum atomic E-state index is -0.456. The van der Waals surface area contributed by atoms with Crippen molar-refractivity contribution in [1.29, 1.82) is 0 Å². The van der Waals surface area contributed by atoms with Crippen LogP contribution < -0.4 is 0 Å². The molecule has 5 fully saturated rings. The summed E-state index contributed by atoms with van der Waals surface area (Å²) in [6, 6.07) is 10.8. The van der Waals surface area contributed by atoms with Gasteiger partial charge in [-0.1, -0.05) is 90.4 Å². The van der Waals surface area contributed by atoms with Gasteiger partial charge in [-0.25, -0.2) is 0 Å². The van der Waals surface area contributed by atoms with Crippen molar-refractivity contribution in [3.8, 4) is 0 Å². The van der Waals surface area contributed by atoms with Gasteiger partial charge < -0.3 is 14.2 Å². The van der Waals surface area contributed by atoms with Crippen molar-refractivity contribution in [1.82, 2.24) is 0 Å². The third kappa shape index (κ3) is 4.36. The molecule has 7 rings (SSSR count). The van der Waals surface area contributed by atoms with Crippen LogP contribution in [0.25, 0.3) is 0 Å². The normalized spacial score (nSPS) is 49.8. The van der Waals surface area contributed by atoms with Crippen molar-refractivity contribution in [3.63, 3.8) is 0 Å². The van der Waals surface area contributed by atoms with Crippen LogP contribution in [0.5, 0.6) is 0 Å². The largest absolute Gasteiger partial charge is 0.373 e. The van der Waals surface area contributed by atoms with E-state index in [1.807, 2.05) is 5.57 Å². The second-order valence-corrected chi connectivity index (χ2v) is 18.6. The molecule has 3 heteroatoms. The highest BCUT2D eigenvalue weighted by Crippen LogP contribution is 2.76. The first-order chi connectivity index (χ1) is 20.1. The minimum Gasteiger partial charge on any atom is -0.373 e. The Hall–Kier alpha value is -1.16. The molecule has 3 nitrogen and oxygen atoms in total. The first kappa shape index (κ1) is 30.5. The maximum Gasteiger partial charge on any atom is 0.163 e. The van der Waals surface area contributed by atoms with Crippen molar-refractivity contribution in [2.45, 2.75) is 145 Å². The molecule has 0 aromatic heterocycles. The highest BCUT2D eigenvalue weighted by atomic mass is 16.7. The van der Waals surface area contributed by atoms with E-state index in [1.54, 1.807) is 0 Å². The minimum absolute atomic E-state index is 0.108. The Morgan fingerprint density at radius 3 is 2.26 bits per heavy atom. The predicted octanol–water partition coefficient (Wildman–Crippen LogP) is 10.1. The molecule has 1 aliphatic heterocycles. The fraction of sp³-hybridized carbons (Fsp3) is 0.800. The fourth-order valence-corrected chi connectivity index (χ4v) is 12.6. The van der Waals surface area contributed by atoms with Crippen LogP contribution in [-0.4, -0.2) is 24.6 Å². The van der Waals surface area contributed by atoms with E-state index in [0.717, 1.165) is 19.6 Å². The van der Waals surface area contributed by atoms with Crippen molar-refractivity contribution in [3.05, 3.63) is 47.5 Å². The molecule has 1 aromatic rings. The Morgan fingerprint density at radius 1 is 0.767 bits per heavy atom. The smallest absolute Gasteiger partial charge is 0.163 e. The Balaban J connectivity index is 1.21. The summed E-state index contributed by atoms with van der Waals surface area (Å²) < 4.78 is 20.0. The zero-order chi connectivity index (χ0) is 30.7. The SMILES string of the molecule is CC1(C)CC(OCc2ccccc2)C2(C)CCC3(C)C(=CCC4C5(C)CCC6OC(C)(C)OCC6(C)C5CCC43C)C2C1. The molecule has 0 bridgehead atoms. The lowest BCUT2D eigenvalue weighted by Gasteiger charge is -2.72. The van der Waals surface area contributed by atoms with Crippen molar-refractivity contribution >= 4 is 0 Å². The summed E-state index contributed by atoms with van der Waals surface area (Å²) in [7, 11) is 0. The summed E-state index contributed by atoms with van der Waals surface area (Å²) in [5.74, 6) is 1.52. The zero-order valence-corrected chi connectivity index (χ0v) is 28.9. The summed E-state index contributed by atoms with van der Waals surface area (Å²) in [6.07, 6.45) is 14.8. The molecule has 1 heterocycles. The van der Waals surface area contributed by atoms with E-state index in [2.05, 4.69) is 98.7 Å². The molecular weight excluding hydrogens is 528 g/mol. The van der Waals surface area contributed by atoms with Crippen LogP contribution in [-0.2, 0) is 20.8 Å². The van der Waals surface area contributed by atoms with Gasteiger partial charge in [0.1, 0.15) is 0 Å². The number of benzene rings is 1. The van der Waals surface area contributed by atoms with Crippen LogP contribution in [0.1, 0.15) is 126 Å². The second kappa shape index (κ2) is 9.68. The summed E-state index contributed by atoms with van der Waals surface area (Å²) in [6.45, 7) is 24.0. The van der Waals surface area contributed by atoms with Gasteiger partial charge in [-0.2, -0.15) is 0 Å². The fourth-order valence-electron chi connectivity index (χ4n) is 12.6. The Bertz CT molecular complexity index is 1270. The molecule has 43 heavy (non-hydrogen) atoms. The third-order valence-corrected chi connectivity index (χ3v) is 15.3. The van der Waals surface area contributed by atoms with E-state index in [0.29, 0.717) is 40.8 Å². The van der Waals surface area contributed by atoms with E-state index in [4.69, 9.17) is 14.2 Å². The van der Waals surface area contributed by atoms with Gasteiger partial charge >= 0.3 is 0 Å². The average molecular weight is 589 g/mol. The van der Waals surface area contributed by atoms with Crippen molar-refractivity contribution in [2.75, 3.05) is 6.61 Å². The summed E-state index contributed by atoms with van der Waals surface area (Å²) >= 11 is 0. The number of hydrogen-bond donors (Lipinski definition) is 0. The lowest BCUT2D eigenvalue weighted by molar-refractivity contribution is -0.351. The summed E-state index contributed by atoms with van der Waals surface area (Å²) in [5, 5.41) is 0. The van der Waals surface area contributed by atoms with Gasteiger partial charge in [0, 0.05) is 10.8 Å². The quantitative estimate of drug-likeness (QED) is 0.329. The van der Waals surface area contributed by atoms with E-state index in [9.17, 15) is 0 Å². The highest BCUT2D eigenvalue weighted by molar-refractivity contribution is 5.34. The van der Waals surface area contributed by atoms with E-state index >= 15 is 0 Å². The first-order valence-electron chi connectivity index (χ1n) is 17.7. The van der Waals surface area contributed by atoms with Gasteiger partial charge in [0.25, 0.3) is 0 Å². The number of hydrogen-bond acceptors (Lipinski definition) is 3. The van der Waals surface area contributed by atoms with Crippen LogP contribution in [0.2, 0.25) is 0 Å². The van der Waals surface area contributed by atoms with Gasteiger partial charge in [0.05, 0.1) is 25.4 Å². The average Bonchev–Trinajstić information content (AvgIpc) is 2.94. The highest BCUT2D eigenvalue weighted by Gasteiger charge is 2.70. The first-order valence-corrected chi connectivity index (χ1v) is 17.7. The standard InChI is InChI=1S/C40H60O3/c1-34(2)23-29-28-15-16-31-37(6)19-18-32-38(7,26-42-35(3,4)43-32)30(37)17-20-40(31,9)39(28,8)22-21-36(29,5)33(24-34)41-25-27-13-11-10-12-14-27/h10-15,29-33H,16-26H2,1-9H3. The third-order valence-electron chi connectivity index (χ3n) is 15.3. The van der Waals surface area contributed by atoms with Gasteiger partial charge in [-0.05, 0) is 117 Å². The second-order valence-electron chi connectivity index (χ2n) is 18.6. The lowest BCUT2D eigenvalue weighted by atomic mass is 9.33. The van der Waals surface area contributed by atoms with Crippen molar-refractivity contribution in [2.24, 2.45) is 50.2 Å². The van der Waals surface area contributed by atoms with Crippen LogP contribution in [0, 0.1) is 50.2 Å². The van der Waals surface area contributed by atoms with Crippen LogP contribution in [0.4, 0.5) is 0 Å². The number of allylic oxidation sites excluding steroid dienone is 2. The molecule has 4 saturated carbocycles. The van der Waals surface area contributed by atoms with Crippen molar-refractivity contribution < 1.29 is 14.2 Å². The maximum atomic E-state index is 6.93. The predicted molar refractivity (Wildman–Crippen MR) is 174 cm³/mol. The number of rotatable bonds is 3. The molecule has 0 N–H and O–H groups in total. The molecule has 10 unspecified atom stereocenters. The van der Waals surface area contributed by atoms with Crippen LogP contribution >= 0.6 is 0 Å². The molecule has 0 amide bonds. The van der Waals surface area contributed by atoms with Gasteiger partial charge in [-0.3, -0.25) is 0 Å². The molecular formula is C40H60O3. The monoisotopic (exact) mass is 588 g/mol. The molecule has 5 aliphatic carbocycles. The van der Waals surface area contributed by atoms with E-state index < -0.39 is 5.79 Å². The van der Waals surface area contributed by atoms with E-state index in [1.165, 1.54) is 56.9 Å². The molecule has 0 spiro atoms. The summed E-state index contributed by atoms with van der Waals surface area (Å²) in [4.78, 5) is 0. The Labute approximate surface area is 262 Å². The Kier molecular flexibility index (Phi) is 6.86. The molecule has 6 aliphatic rings. The Morgan fingerprint density at radius 2 is 1.51 bits per heavy atom. The zero-order valence-electron chi connectivity index (χ0n) is 28.9. The summed E-state index contributed by atoms with van der Waals surface area (Å²) in [5.41, 5.74) is 4.61. The van der Waals surface area contributed by atoms with E-state index in [-0.39, 0.29) is 21.7 Å².